The van der Waals surface area contributed by atoms with Gasteiger partial charge in [0.25, 0.3) is 0 Å². The lowest BCUT2D eigenvalue weighted by Crippen LogP contribution is -2.53. The molecule has 7 nitrogen and oxygen atoms in total. The molecular weight excluding hydrogens is 262 g/mol. The topological polar surface area (TPSA) is 113 Å². The SMILES string of the molecule is CC(C)CC(N)C(=O)N(CC(=O)O)C(=O)C1CCCN1. The second-order valence-corrected chi connectivity index (χ2v) is 5.54. The van der Waals surface area contributed by atoms with Crippen molar-refractivity contribution in [1.82, 2.24) is 10.2 Å². The second kappa shape index (κ2) is 7.35. The van der Waals surface area contributed by atoms with Gasteiger partial charge in [-0.1, -0.05) is 13.8 Å². The number of nitrogens with one attached hydrogen (secondary N) is 1. The highest BCUT2D eigenvalue weighted by Gasteiger charge is 2.34. The number of aliphatic carboxylic acids is 1. The van der Waals surface area contributed by atoms with Crippen molar-refractivity contribution >= 4 is 17.8 Å². The summed E-state index contributed by atoms with van der Waals surface area (Å²) in [5, 5.41) is 11.8. The number of imide groups is 1. The van der Waals surface area contributed by atoms with Crippen LogP contribution >= 0.6 is 0 Å². The summed E-state index contributed by atoms with van der Waals surface area (Å²) in [7, 11) is 0. The molecule has 1 heterocycles. The van der Waals surface area contributed by atoms with Crippen molar-refractivity contribution in [3.05, 3.63) is 0 Å². The van der Waals surface area contributed by atoms with Crippen LogP contribution in [0.3, 0.4) is 0 Å². The van der Waals surface area contributed by atoms with Crippen molar-refractivity contribution < 1.29 is 19.5 Å². The Bertz CT molecular complexity index is 378. The lowest BCUT2D eigenvalue weighted by atomic mass is 10.0. The van der Waals surface area contributed by atoms with Gasteiger partial charge in [0.15, 0.2) is 0 Å². The summed E-state index contributed by atoms with van der Waals surface area (Å²) in [5.41, 5.74) is 5.77. The Labute approximate surface area is 118 Å². The third kappa shape index (κ3) is 4.57. The van der Waals surface area contributed by atoms with Gasteiger partial charge >= 0.3 is 5.97 Å². The maximum Gasteiger partial charge on any atom is 0.323 e. The van der Waals surface area contributed by atoms with E-state index in [-0.39, 0.29) is 5.92 Å². The molecular formula is C13H23N3O4. The van der Waals surface area contributed by atoms with Gasteiger partial charge in [-0.2, -0.15) is 0 Å². The van der Waals surface area contributed by atoms with E-state index in [0.29, 0.717) is 19.4 Å². The average molecular weight is 285 g/mol. The van der Waals surface area contributed by atoms with Crippen LogP contribution in [0.2, 0.25) is 0 Å². The van der Waals surface area contributed by atoms with Crippen LogP contribution < -0.4 is 11.1 Å². The summed E-state index contributed by atoms with van der Waals surface area (Å²) >= 11 is 0. The highest BCUT2D eigenvalue weighted by molar-refractivity contribution is 6.02. The fourth-order valence-corrected chi connectivity index (χ4v) is 2.29. The molecule has 0 aromatic carbocycles. The van der Waals surface area contributed by atoms with Gasteiger partial charge in [-0.3, -0.25) is 19.3 Å². The van der Waals surface area contributed by atoms with E-state index in [1.807, 2.05) is 13.8 Å². The monoisotopic (exact) mass is 285 g/mol. The van der Waals surface area contributed by atoms with Gasteiger partial charge in [-0.15, -0.1) is 0 Å². The van der Waals surface area contributed by atoms with Crippen LogP contribution in [0.5, 0.6) is 0 Å². The zero-order valence-corrected chi connectivity index (χ0v) is 12.0. The van der Waals surface area contributed by atoms with Gasteiger partial charge in [0.05, 0.1) is 12.1 Å². The fourth-order valence-electron chi connectivity index (χ4n) is 2.29. The van der Waals surface area contributed by atoms with E-state index < -0.39 is 36.4 Å². The molecule has 2 atom stereocenters. The number of hydrogen-bond donors (Lipinski definition) is 3. The first-order valence-corrected chi connectivity index (χ1v) is 6.89. The van der Waals surface area contributed by atoms with Crippen molar-refractivity contribution in [3.63, 3.8) is 0 Å². The van der Waals surface area contributed by atoms with E-state index in [1.165, 1.54) is 0 Å². The number of carbonyl (C=O) groups is 3. The third-order valence-electron chi connectivity index (χ3n) is 3.23. The van der Waals surface area contributed by atoms with Gasteiger partial charge in [0.1, 0.15) is 6.54 Å². The summed E-state index contributed by atoms with van der Waals surface area (Å²) in [5.74, 6) is -2.13. The van der Waals surface area contributed by atoms with E-state index in [4.69, 9.17) is 10.8 Å². The van der Waals surface area contributed by atoms with Crippen LogP contribution in [0.25, 0.3) is 0 Å². The minimum absolute atomic E-state index is 0.195. The van der Waals surface area contributed by atoms with Crippen LogP contribution in [0.15, 0.2) is 0 Å². The number of carboxylic acid groups (broad SMARTS) is 1. The van der Waals surface area contributed by atoms with Crippen LogP contribution in [0.4, 0.5) is 0 Å². The second-order valence-electron chi connectivity index (χ2n) is 5.54. The van der Waals surface area contributed by atoms with E-state index in [9.17, 15) is 14.4 Å². The maximum absolute atomic E-state index is 12.2. The first-order chi connectivity index (χ1) is 9.32. The first kappa shape index (κ1) is 16.6. The molecule has 1 fully saturated rings. The summed E-state index contributed by atoms with van der Waals surface area (Å²) in [4.78, 5) is 36.1. The Morgan fingerprint density at radius 3 is 2.50 bits per heavy atom. The number of rotatable bonds is 6. The molecule has 1 rings (SSSR count). The van der Waals surface area contributed by atoms with E-state index >= 15 is 0 Å². The highest BCUT2D eigenvalue weighted by Crippen LogP contribution is 2.12. The van der Waals surface area contributed by atoms with Crippen LogP contribution in [0, 0.1) is 5.92 Å². The van der Waals surface area contributed by atoms with E-state index in [1.54, 1.807) is 0 Å². The molecule has 0 bridgehead atoms. The summed E-state index contributed by atoms with van der Waals surface area (Å²) < 4.78 is 0. The molecule has 2 unspecified atom stereocenters. The molecule has 0 aromatic rings. The molecule has 7 heteroatoms. The highest BCUT2D eigenvalue weighted by atomic mass is 16.4. The first-order valence-electron chi connectivity index (χ1n) is 6.89. The maximum atomic E-state index is 12.2. The molecule has 0 spiro atoms. The number of carboxylic acids is 1. The minimum Gasteiger partial charge on any atom is -0.480 e. The Kier molecular flexibility index (Phi) is 6.09. The standard InChI is InChI=1S/C13H23N3O4/c1-8(2)6-9(14)12(19)16(7-11(17)18)13(20)10-4-3-5-15-10/h8-10,15H,3-7,14H2,1-2H3,(H,17,18). The normalized spacial score (nSPS) is 19.9. The number of nitrogens with two attached hydrogens (primary N) is 1. The zero-order valence-electron chi connectivity index (χ0n) is 12.0. The lowest BCUT2D eigenvalue weighted by molar-refractivity contribution is -0.154. The Hall–Kier alpha value is -1.47. The Morgan fingerprint density at radius 2 is 2.05 bits per heavy atom. The van der Waals surface area contributed by atoms with Crippen molar-refractivity contribution in [2.75, 3.05) is 13.1 Å². The molecule has 4 N–H and O–H groups in total. The largest absolute Gasteiger partial charge is 0.480 e. The number of amides is 2. The van der Waals surface area contributed by atoms with E-state index in [2.05, 4.69) is 5.32 Å². The van der Waals surface area contributed by atoms with Crippen molar-refractivity contribution in [1.29, 1.82) is 0 Å². The molecule has 1 saturated heterocycles. The summed E-state index contributed by atoms with van der Waals surface area (Å²) in [6.07, 6.45) is 1.87. The van der Waals surface area contributed by atoms with Gasteiger partial charge in [0, 0.05) is 0 Å². The molecule has 0 aliphatic carbocycles. The van der Waals surface area contributed by atoms with Crippen LogP contribution in [-0.4, -0.2) is 53.0 Å². The van der Waals surface area contributed by atoms with Gasteiger partial charge in [-0.25, -0.2) is 0 Å². The van der Waals surface area contributed by atoms with E-state index in [0.717, 1.165) is 11.3 Å². The van der Waals surface area contributed by atoms with Crippen molar-refractivity contribution in [3.8, 4) is 0 Å². The molecule has 2 amide bonds. The molecule has 0 saturated carbocycles. The third-order valence-corrected chi connectivity index (χ3v) is 3.23. The Morgan fingerprint density at radius 1 is 1.40 bits per heavy atom. The van der Waals surface area contributed by atoms with Crippen molar-refractivity contribution in [2.24, 2.45) is 11.7 Å². The smallest absolute Gasteiger partial charge is 0.323 e. The molecule has 1 aliphatic heterocycles. The summed E-state index contributed by atoms with van der Waals surface area (Å²) in [6.45, 7) is 3.88. The number of hydrogen-bond acceptors (Lipinski definition) is 5. The van der Waals surface area contributed by atoms with Gasteiger partial charge in [0.2, 0.25) is 11.8 Å². The molecule has 20 heavy (non-hydrogen) atoms. The molecule has 0 aromatic heterocycles. The minimum atomic E-state index is -1.22. The predicted octanol–water partition coefficient (Wildman–Crippen LogP) is -0.448. The van der Waals surface area contributed by atoms with Gasteiger partial charge in [-0.05, 0) is 31.7 Å². The molecule has 1 aliphatic rings. The average Bonchev–Trinajstić information content (AvgIpc) is 2.86. The predicted molar refractivity (Wildman–Crippen MR) is 72.8 cm³/mol. The quantitative estimate of drug-likeness (QED) is 0.609. The lowest BCUT2D eigenvalue weighted by Gasteiger charge is -2.25. The molecule has 0 radical (unpaired) electrons. The van der Waals surface area contributed by atoms with Gasteiger partial charge < -0.3 is 16.2 Å². The fraction of sp³-hybridized carbons (Fsp3) is 0.769. The number of carbonyl (C=O) groups excluding carboxylic acids is 2. The van der Waals surface area contributed by atoms with Crippen LogP contribution in [-0.2, 0) is 14.4 Å². The molecule has 114 valence electrons. The van der Waals surface area contributed by atoms with Crippen molar-refractivity contribution in [2.45, 2.75) is 45.2 Å². The summed E-state index contributed by atoms with van der Waals surface area (Å²) in [6, 6.07) is -1.33. The number of nitrogens with zero attached hydrogens (tertiary/aromatic N) is 1. The Balaban J connectivity index is 2.79. The van der Waals surface area contributed by atoms with Crippen LogP contribution in [0.1, 0.15) is 33.1 Å². The zero-order chi connectivity index (χ0) is 15.3.